The third-order valence-corrected chi connectivity index (χ3v) is 3.91. The van der Waals surface area contributed by atoms with Crippen LogP contribution in [-0.4, -0.2) is 39.3 Å². The molecule has 1 atom stereocenters. The summed E-state index contributed by atoms with van der Waals surface area (Å²) in [4.78, 5) is 11.7. The molecule has 0 aliphatic carbocycles. The van der Waals surface area contributed by atoms with Gasteiger partial charge in [-0.15, -0.1) is 0 Å². The van der Waals surface area contributed by atoms with Gasteiger partial charge < -0.3 is 20.1 Å². The number of carbonyl (C=O) groups is 1. The van der Waals surface area contributed by atoms with E-state index in [9.17, 15) is 4.79 Å². The molecule has 0 saturated carbocycles. The van der Waals surface area contributed by atoms with Gasteiger partial charge >= 0.3 is 0 Å². The zero-order chi connectivity index (χ0) is 15.6. The Kier molecular flexibility index (Phi) is 7.03. The summed E-state index contributed by atoms with van der Waals surface area (Å²) in [5.74, 6) is 2.45. The van der Waals surface area contributed by atoms with E-state index >= 15 is 0 Å². The maximum absolute atomic E-state index is 11.7. The highest BCUT2D eigenvalue weighted by atomic mass is 16.5. The number of nitrogens with one attached hydrogen (secondary N) is 2. The minimum absolute atomic E-state index is 0.115. The number of benzene rings is 1. The fourth-order valence-corrected chi connectivity index (χ4v) is 2.56. The summed E-state index contributed by atoms with van der Waals surface area (Å²) >= 11 is 0. The minimum atomic E-state index is 0.115. The van der Waals surface area contributed by atoms with Crippen molar-refractivity contribution in [2.24, 2.45) is 5.92 Å². The zero-order valence-corrected chi connectivity index (χ0v) is 13.3. The summed E-state index contributed by atoms with van der Waals surface area (Å²) in [5.41, 5.74) is 0. The Morgan fingerprint density at radius 3 is 2.77 bits per heavy atom. The molecule has 22 heavy (non-hydrogen) atoms. The van der Waals surface area contributed by atoms with Gasteiger partial charge in [-0.1, -0.05) is 0 Å². The van der Waals surface area contributed by atoms with Crippen LogP contribution in [0, 0.1) is 5.92 Å². The molecule has 1 aliphatic rings. The predicted molar refractivity (Wildman–Crippen MR) is 86.3 cm³/mol. The van der Waals surface area contributed by atoms with Crippen LogP contribution in [-0.2, 0) is 4.79 Å². The van der Waals surface area contributed by atoms with Crippen LogP contribution in [0.5, 0.6) is 11.5 Å². The Labute approximate surface area is 132 Å². The molecule has 0 spiro atoms. The second kappa shape index (κ2) is 9.30. The molecule has 0 aromatic heterocycles. The van der Waals surface area contributed by atoms with Gasteiger partial charge in [0.2, 0.25) is 5.91 Å². The number of ether oxygens (including phenoxy) is 2. The molecule has 1 amide bonds. The van der Waals surface area contributed by atoms with Crippen molar-refractivity contribution in [1.29, 1.82) is 0 Å². The molecule has 1 saturated heterocycles. The monoisotopic (exact) mass is 306 g/mol. The maximum Gasteiger partial charge on any atom is 0.220 e. The fourth-order valence-electron chi connectivity index (χ4n) is 2.56. The molecule has 2 rings (SSSR count). The van der Waals surface area contributed by atoms with Crippen LogP contribution in [0.1, 0.15) is 25.7 Å². The molecule has 5 heteroatoms. The fraction of sp³-hybridized carbons (Fsp3) is 0.588. The summed E-state index contributed by atoms with van der Waals surface area (Å²) in [6.07, 6.45) is 3.54. The van der Waals surface area contributed by atoms with Crippen molar-refractivity contribution in [2.75, 3.05) is 33.4 Å². The highest BCUT2D eigenvalue weighted by molar-refractivity contribution is 5.75. The SMILES string of the molecule is COc1ccc(OCCCC(=O)NCCC2CCNC2)cc1. The highest BCUT2D eigenvalue weighted by Gasteiger charge is 2.13. The summed E-state index contributed by atoms with van der Waals surface area (Å²) in [7, 11) is 1.64. The van der Waals surface area contributed by atoms with E-state index in [-0.39, 0.29) is 5.91 Å². The molecule has 2 N–H and O–H groups in total. The van der Waals surface area contributed by atoms with Crippen LogP contribution in [0.2, 0.25) is 0 Å². The summed E-state index contributed by atoms with van der Waals surface area (Å²) in [5, 5.41) is 6.32. The first-order valence-electron chi connectivity index (χ1n) is 8.02. The number of amides is 1. The standard InChI is InChI=1S/C17H26N2O3/c1-21-15-4-6-16(7-5-15)22-12-2-3-17(20)19-11-9-14-8-10-18-13-14/h4-7,14,18H,2-3,8-13H2,1H3,(H,19,20). The molecule has 5 nitrogen and oxygen atoms in total. The molecule has 1 heterocycles. The molecular formula is C17H26N2O3. The van der Waals surface area contributed by atoms with Gasteiger partial charge in [-0.25, -0.2) is 0 Å². The normalized spacial score (nSPS) is 17.2. The first kappa shape index (κ1) is 16.6. The largest absolute Gasteiger partial charge is 0.497 e. The number of hydrogen-bond acceptors (Lipinski definition) is 4. The Morgan fingerprint density at radius 2 is 2.09 bits per heavy atom. The van der Waals surface area contributed by atoms with Crippen LogP contribution in [0.15, 0.2) is 24.3 Å². The van der Waals surface area contributed by atoms with Crippen LogP contribution in [0.3, 0.4) is 0 Å². The number of hydrogen-bond donors (Lipinski definition) is 2. The molecule has 1 unspecified atom stereocenters. The van der Waals surface area contributed by atoms with Gasteiger partial charge in [0.25, 0.3) is 0 Å². The van der Waals surface area contributed by atoms with E-state index in [1.54, 1.807) is 7.11 Å². The molecule has 1 aromatic carbocycles. The van der Waals surface area contributed by atoms with Crippen LogP contribution < -0.4 is 20.1 Å². The molecule has 1 aliphatic heterocycles. The van der Waals surface area contributed by atoms with E-state index in [0.29, 0.717) is 13.0 Å². The maximum atomic E-state index is 11.7. The van der Waals surface area contributed by atoms with Crippen molar-refractivity contribution in [1.82, 2.24) is 10.6 Å². The lowest BCUT2D eigenvalue weighted by Gasteiger charge is -2.10. The Hall–Kier alpha value is -1.75. The first-order valence-corrected chi connectivity index (χ1v) is 8.02. The van der Waals surface area contributed by atoms with Crippen molar-refractivity contribution in [3.05, 3.63) is 24.3 Å². The van der Waals surface area contributed by atoms with Crippen LogP contribution in [0.4, 0.5) is 0 Å². The zero-order valence-electron chi connectivity index (χ0n) is 13.3. The topological polar surface area (TPSA) is 59.6 Å². The Morgan fingerprint density at radius 1 is 1.32 bits per heavy atom. The summed E-state index contributed by atoms with van der Waals surface area (Å²) in [6, 6.07) is 7.46. The first-order chi connectivity index (χ1) is 10.8. The van der Waals surface area contributed by atoms with Crippen molar-refractivity contribution < 1.29 is 14.3 Å². The number of methoxy groups -OCH3 is 1. The molecular weight excluding hydrogens is 280 g/mol. The van der Waals surface area contributed by atoms with Crippen LogP contribution in [0.25, 0.3) is 0 Å². The van der Waals surface area contributed by atoms with E-state index in [1.807, 2.05) is 24.3 Å². The molecule has 122 valence electrons. The summed E-state index contributed by atoms with van der Waals surface area (Å²) in [6.45, 7) is 3.53. The lowest BCUT2D eigenvalue weighted by atomic mass is 10.1. The molecule has 0 radical (unpaired) electrons. The Balaban J connectivity index is 1.50. The van der Waals surface area contributed by atoms with Gasteiger partial charge in [-0.3, -0.25) is 4.79 Å². The Bertz CT molecular complexity index is 442. The van der Waals surface area contributed by atoms with E-state index in [1.165, 1.54) is 6.42 Å². The van der Waals surface area contributed by atoms with Gasteiger partial charge in [-0.2, -0.15) is 0 Å². The van der Waals surface area contributed by atoms with Gasteiger partial charge in [0.15, 0.2) is 0 Å². The molecule has 1 fully saturated rings. The third kappa shape index (κ3) is 5.93. The number of rotatable bonds is 9. The average Bonchev–Trinajstić information content (AvgIpc) is 3.05. The lowest BCUT2D eigenvalue weighted by Crippen LogP contribution is -2.26. The quantitative estimate of drug-likeness (QED) is 0.685. The predicted octanol–water partition coefficient (Wildman–Crippen LogP) is 1.97. The molecule has 1 aromatic rings. The van der Waals surface area contributed by atoms with Gasteiger partial charge in [0.05, 0.1) is 13.7 Å². The van der Waals surface area contributed by atoms with Gasteiger partial charge in [0.1, 0.15) is 11.5 Å². The van der Waals surface area contributed by atoms with Crippen LogP contribution >= 0.6 is 0 Å². The van der Waals surface area contributed by atoms with E-state index in [0.717, 1.165) is 49.9 Å². The smallest absolute Gasteiger partial charge is 0.220 e. The molecule has 0 bridgehead atoms. The lowest BCUT2D eigenvalue weighted by molar-refractivity contribution is -0.121. The van der Waals surface area contributed by atoms with E-state index in [2.05, 4.69) is 10.6 Å². The van der Waals surface area contributed by atoms with Gasteiger partial charge in [-0.05, 0) is 62.5 Å². The minimum Gasteiger partial charge on any atom is -0.497 e. The second-order valence-electron chi connectivity index (χ2n) is 5.62. The second-order valence-corrected chi connectivity index (χ2v) is 5.62. The number of carbonyl (C=O) groups excluding carboxylic acids is 1. The average molecular weight is 306 g/mol. The van der Waals surface area contributed by atoms with Crippen molar-refractivity contribution in [3.63, 3.8) is 0 Å². The van der Waals surface area contributed by atoms with Crippen molar-refractivity contribution in [2.45, 2.75) is 25.7 Å². The van der Waals surface area contributed by atoms with Crippen molar-refractivity contribution >= 4 is 5.91 Å². The third-order valence-electron chi connectivity index (χ3n) is 3.91. The van der Waals surface area contributed by atoms with E-state index in [4.69, 9.17) is 9.47 Å². The highest BCUT2D eigenvalue weighted by Crippen LogP contribution is 2.17. The van der Waals surface area contributed by atoms with Gasteiger partial charge in [0, 0.05) is 13.0 Å². The van der Waals surface area contributed by atoms with Crippen molar-refractivity contribution in [3.8, 4) is 11.5 Å². The van der Waals surface area contributed by atoms with E-state index < -0.39 is 0 Å². The summed E-state index contributed by atoms with van der Waals surface area (Å²) < 4.78 is 10.7.